The number of hydrogen-bond acceptors (Lipinski definition) is 5. The lowest BCUT2D eigenvalue weighted by atomic mass is 10.2. The van der Waals surface area contributed by atoms with Gasteiger partial charge in [-0.05, 0) is 19.8 Å². The van der Waals surface area contributed by atoms with Gasteiger partial charge in [0.25, 0.3) is 0 Å². The Morgan fingerprint density at radius 2 is 2.21 bits per heavy atom. The number of aryl methyl sites for hydroxylation is 1. The molecule has 0 spiro atoms. The molecule has 6 heteroatoms. The third-order valence-corrected chi connectivity index (χ3v) is 2.13. The highest BCUT2D eigenvalue weighted by Crippen LogP contribution is 2.38. The summed E-state index contributed by atoms with van der Waals surface area (Å²) >= 11 is 0. The lowest BCUT2D eigenvalue weighted by Gasteiger charge is -2.07. The van der Waals surface area contributed by atoms with Crippen molar-refractivity contribution < 1.29 is 14.7 Å². The van der Waals surface area contributed by atoms with Gasteiger partial charge in [0.1, 0.15) is 11.6 Å². The van der Waals surface area contributed by atoms with Crippen LogP contribution in [0.4, 0.5) is 0 Å². The van der Waals surface area contributed by atoms with Gasteiger partial charge in [-0.15, -0.1) is 0 Å². The van der Waals surface area contributed by atoms with Gasteiger partial charge in [-0.2, -0.15) is 0 Å². The molecular weight excluding hydrogens is 183 g/mol. The van der Waals surface area contributed by atoms with Gasteiger partial charge in [0.15, 0.2) is 0 Å². The van der Waals surface area contributed by atoms with Crippen LogP contribution >= 0.6 is 0 Å². The molecule has 1 heterocycles. The molecule has 0 atom stereocenters. The minimum atomic E-state index is -1.82. The molecule has 1 fully saturated rings. The molecule has 0 aromatic carbocycles. The number of nitrogens with zero attached hydrogens (tertiary/aromatic N) is 2. The predicted molar refractivity (Wildman–Crippen MR) is 49.6 cm³/mol. The maximum Gasteiger partial charge on any atom is 0.707 e. The molecule has 0 aliphatic heterocycles. The molecule has 1 aliphatic carbocycles. The largest absolute Gasteiger partial charge is 0.707 e. The Bertz CT molecular complexity index is 341. The number of aromatic nitrogens is 2. The number of hydrogen-bond donors (Lipinski definition) is 2. The van der Waals surface area contributed by atoms with Gasteiger partial charge in [0.05, 0.1) is 11.9 Å². The van der Waals surface area contributed by atoms with Crippen molar-refractivity contribution in [1.82, 2.24) is 9.97 Å². The average Bonchev–Trinajstić information content (AvgIpc) is 2.90. The lowest BCUT2D eigenvalue weighted by molar-refractivity contribution is 0.286. The highest BCUT2D eigenvalue weighted by atomic mass is 16.6. The molecule has 1 aromatic heterocycles. The highest BCUT2D eigenvalue weighted by molar-refractivity contribution is 6.33. The highest BCUT2D eigenvalue weighted by Gasteiger charge is 2.27. The van der Waals surface area contributed by atoms with Gasteiger partial charge in [-0.3, -0.25) is 0 Å². The zero-order valence-electron chi connectivity index (χ0n) is 7.84. The van der Waals surface area contributed by atoms with E-state index in [9.17, 15) is 0 Å². The van der Waals surface area contributed by atoms with Crippen LogP contribution in [-0.2, 0) is 0 Å². The van der Waals surface area contributed by atoms with Crippen LogP contribution in [0, 0.1) is 6.92 Å². The fraction of sp³-hybridized carbons (Fsp3) is 0.500. The molecule has 0 unspecified atom stereocenters. The van der Waals surface area contributed by atoms with E-state index in [0.29, 0.717) is 17.4 Å². The van der Waals surface area contributed by atoms with Crippen molar-refractivity contribution in [3.05, 3.63) is 17.7 Å². The fourth-order valence-corrected chi connectivity index (χ4v) is 1.24. The summed E-state index contributed by atoms with van der Waals surface area (Å²) < 4.78 is 4.69. The molecule has 14 heavy (non-hydrogen) atoms. The number of rotatable bonds is 3. The topological polar surface area (TPSA) is 75.5 Å². The third-order valence-electron chi connectivity index (χ3n) is 2.13. The van der Waals surface area contributed by atoms with Gasteiger partial charge in [0.2, 0.25) is 0 Å². The molecule has 0 bridgehead atoms. The maximum atomic E-state index is 8.60. The molecule has 0 amide bonds. The second-order valence-corrected chi connectivity index (χ2v) is 3.40. The van der Waals surface area contributed by atoms with E-state index in [-0.39, 0.29) is 0 Å². The molecule has 2 N–H and O–H groups in total. The van der Waals surface area contributed by atoms with E-state index in [0.717, 1.165) is 18.7 Å². The van der Waals surface area contributed by atoms with E-state index in [1.165, 1.54) is 6.20 Å². The summed E-state index contributed by atoms with van der Waals surface area (Å²) in [7, 11) is -1.82. The maximum absolute atomic E-state index is 8.60. The Morgan fingerprint density at radius 1 is 1.50 bits per heavy atom. The van der Waals surface area contributed by atoms with Gasteiger partial charge in [-0.25, -0.2) is 9.97 Å². The monoisotopic (exact) mass is 194 g/mol. The summed E-state index contributed by atoms with van der Waals surface area (Å²) in [5.74, 6) is 1.62. The fourth-order valence-electron chi connectivity index (χ4n) is 1.24. The molecular formula is C8H11BN2O3. The second-order valence-electron chi connectivity index (χ2n) is 3.40. The van der Waals surface area contributed by atoms with Crippen molar-refractivity contribution >= 4 is 7.32 Å². The van der Waals surface area contributed by atoms with Crippen LogP contribution in [0.1, 0.15) is 30.3 Å². The zero-order valence-corrected chi connectivity index (χ0v) is 7.84. The van der Waals surface area contributed by atoms with Crippen molar-refractivity contribution in [2.75, 3.05) is 0 Å². The van der Waals surface area contributed by atoms with Crippen LogP contribution in [0.5, 0.6) is 5.75 Å². The van der Waals surface area contributed by atoms with Crippen molar-refractivity contribution in [3.63, 3.8) is 0 Å². The van der Waals surface area contributed by atoms with Gasteiger partial charge >= 0.3 is 7.32 Å². The molecule has 1 aromatic rings. The molecule has 5 nitrogen and oxygen atoms in total. The van der Waals surface area contributed by atoms with E-state index < -0.39 is 7.32 Å². The predicted octanol–water partition coefficient (Wildman–Crippen LogP) is 0.0107. The van der Waals surface area contributed by atoms with Gasteiger partial charge in [-0.1, -0.05) is 0 Å². The van der Waals surface area contributed by atoms with Gasteiger partial charge in [0, 0.05) is 5.92 Å². The van der Waals surface area contributed by atoms with Crippen LogP contribution in [0.25, 0.3) is 0 Å². The van der Waals surface area contributed by atoms with Crippen molar-refractivity contribution in [1.29, 1.82) is 0 Å². The Balaban J connectivity index is 2.17. The second kappa shape index (κ2) is 3.55. The molecule has 1 aliphatic rings. The van der Waals surface area contributed by atoms with E-state index in [2.05, 4.69) is 14.6 Å². The Labute approximate surface area is 82.0 Å². The first-order valence-electron chi connectivity index (χ1n) is 4.53. The van der Waals surface area contributed by atoms with Crippen LogP contribution < -0.4 is 4.65 Å². The normalized spacial score (nSPS) is 15.4. The Kier molecular flexibility index (Phi) is 2.39. The molecule has 74 valence electrons. The third kappa shape index (κ3) is 2.02. The first kappa shape index (κ1) is 9.42. The average molecular weight is 194 g/mol. The summed E-state index contributed by atoms with van der Waals surface area (Å²) in [6, 6.07) is 0. The Morgan fingerprint density at radius 3 is 2.71 bits per heavy atom. The van der Waals surface area contributed by atoms with Crippen molar-refractivity contribution in [3.8, 4) is 5.75 Å². The molecule has 2 rings (SSSR count). The van der Waals surface area contributed by atoms with Crippen molar-refractivity contribution in [2.24, 2.45) is 0 Å². The van der Waals surface area contributed by atoms with Crippen LogP contribution in [0.2, 0.25) is 0 Å². The summed E-state index contributed by atoms with van der Waals surface area (Å²) in [6.45, 7) is 1.76. The van der Waals surface area contributed by atoms with E-state index in [1.807, 2.05) is 0 Å². The summed E-state index contributed by atoms with van der Waals surface area (Å²) in [5, 5.41) is 17.2. The molecule has 0 saturated heterocycles. The van der Waals surface area contributed by atoms with Crippen LogP contribution in [-0.4, -0.2) is 27.3 Å². The lowest BCUT2D eigenvalue weighted by Crippen LogP contribution is -2.21. The van der Waals surface area contributed by atoms with Crippen LogP contribution in [0.15, 0.2) is 6.20 Å². The van der Waals surface area contributed by atoms with Gasteiger partial charge < -0.3 is 14.7 Å². The molecule has 0 radical (unpaired) electrons. The van der Waals surface area contributed by atoms with Crippen LogP contribution in [0.3, 0.4) is 0 Å². The van der Waals surface area contributed by atoms with E-state index in [1.54, 1.807) is 6.92 Å². The summed E-state index contributed by atoms with van der Waals surface area (Å²) in [4.78, 5) is 8.33. The minimum Gasteiger partial charge on any atom is -0.509 e. The van der Waals surface area contributed by atoms with E-state index >= 15 is 0 Å². The first-order valence-corrected chi connectivity index (χ1v) is 4.53. The van der Waals surface area contributed by atoms with E-state index in [4.69, 9.17) is 10.0 Å². The Hall–Kier alpha value is -1.14. The zero-order chi connectivity index (χ0) is 10.1. The SMILES string of the molecule is Cc1nc(C2CC2)ncc1OB(O)O. The quantitative estimate of drug-likeness (QED) is 0.663. The minimum absolute atomic E-state index is 0.310. The molecule has 1 saturated carbocycles. The summed E-state index contributed by atoms with van der Waals surface area (Å²) in [6.07, 6.45) is 3.76. The summed E-state index contributed by atoms with van der Waals surface area (Å²) in [5.41, 5.74) is 0.634. The van der Waals surface area contributed by atoms with Crippen molar-refractivity contribution in [2.45, 2.75) is 25.7 Å². The smallest absolute Gasteiger partial charge is 0.509 e. The standard InChI is InChI=1S/C8H11BN2O3/c1-5-7(14-9(12)13)4-10-8(11-5)6-2-3-6/h4,6,12-13H,2-3H2,1H3. The first-order chi connectivity index (χ1) is 6.66.